The summed E-state index contributed by atoms with van der Waals surface area (Å²) in [6.45, 7) is 1.05. The van der Waals surface area contributed by atoms with Crippen LogP contribution in [-0.2, 0) is 9.59 Å². The van der Waals surface area contributed by atoms with Crippen molar-refractivity contribution in [3.05, 3.63) is 83.9 Å². The molecule has 0 saturated carbocycles. The highest BCUT2D eigenvalue weighted by Crippen LogP contribution is 2.40. The predicted octanol–water partition coefficient (Wildman–Crippen LogP) is 5.59. The number of hydrogen-bond donors (Lipinski definition) is 4. The van der Waals surface area contributed by atoms with Gasteiger partial charge in [0.25, 0.3) is 0 Å². The largest absolute Gasteiger partial charge is 0.480 e. The number of aliphatic hydroxyl groups excluding tert-OH is 3. The third-order valence-electron chi connectivity index (χ3n) is 7.82. The van der Waals surface area contributed by atoms with Gasteiger partial charge in [0, 0.05) is 11.1 Å². The average Bonchev–Trinajstić information content (AvgIpc) is 3.03. The van der Waals surface area contributed by atoms with Crippen molar-refractivity contribution in [3.8, 4) is 0 Å². The average molecular weight is 595 g/mol. The van der Waals surface area contributed by atoms with Crippen molar-refractivity contribution in [1.82, 2.24) is 0 Å². The molecule has 43 heavy (non-hydrogen) atoms. The van der Waals surface area contributed by atoms with E-state index in [4.69, 9.17) is 0 Å². The third kappa shape index (κ3) is 10.1. The Morgan fingerprint density at radius 3 is 1.93 bits per heavy atom. The lowest BCUT2D eigenvalue weighted by Crippen LogP contribution is -2.58. The number of hydrogen-bond acceptors (Lipinski definition) is 7. The molecule has 2 aromatic carbocycles. The summed E-state index contributed by atoms with van der Waals surface area (Å²) < 4.78 is 0. The van der Waals surface area contributed by atoms with Crippen LogP contribution in [0.1, 0.15) is 98.3 Å². The maximum Gasteiger partial charge on any atom is 0.326 e. The highest BCUT2D eigenvalue weighted by Gasteiger charge is 2.61. The Hall–Kier alpha value is -3.46. The van der Waals surface area contributed by atoms with Crippen molar-refractivity contribution in [1.29, 1.82) is 0 Å². The Balaban J connectivity index is 2.26. The van der Waals surface area contributed by atoms with Crippen LogP contribution in [0.4, 0.5) is 0 Å². The van der Waals surface area contributed by atoms with Crippen LogP contribution in [0.2, 0.25) is 0 Å². The van der Waals surface area contributed by atoms with Crippen LogP contribution in [-0.4, -0.2) is 62.6 Å². The molecule has 0 amide bonds. The van der Waals surface area contributed by atoms with E-state index in [1.807, 2.05) is 12.2 Å². The molecule has 2 aromatic rings. The topological polar surface area (TPSA) is 149 Å². The molecule has 3 unspecified atom stereocenters. The fourth-order valence-electron chi connectivity index (χ4n) is 5.39. The standard InChI is InChI=1S/C35H46O8/c1-2-3-4-15-22-28(37)23-16-7-5-6-8-17-24-29(31(39)26-18-11-9-12-19-26)35(34(42)43,33(41)30(38)25-36)32(40)27-20-13-10-14-21-27/h7,9-14,16,18-21,28-30,36-38H,2-6,8,15,17,22-25H2,1H3,(H,42,43)/b16-7-/t28-,29?,30?,35?/m1/s1. The summed E-state index contributed by atoms with van der Waals surface area (Å²) in [5.41, 5.74) is -2.89. The minimum Gasteiger partial charge on any atom is -0.480 e. The highest BCUT2D eigenvalue weighted by molar-refractivity contribution is 6.30. The van der Waals surface area contributed by atoms with Crippen LogP contribution < -0.4 is 0 Å². The van der Waals surface area contributed by atoms with Crippen LogP contribution in [0.15, 0.2) is 72.8 Å². The summed E-state index contributed by atoms with van der Waals surface area (Å²) in [5.74, 6) is -6.68. The number of carbonyl (C=O) groups is 4. The zero-order chi connectivity index (χ0) is 31.7. The van der Waals surface area contributed by atoms with Gasteiger partial charge in [0.05, 0.1) is 18.6 Å². The van der Waals surface area contributed by atoms with E-state index in [2.05, 4.69) is 6.92 Å². The third-order valence-corrected chi connectivity index (χ3v) is 7.82. The number of carbonyl (C=O) groups excluding carboxylic acids is 3. The number of carboxylic acid groups (broad SMARTS) is 1. The van der Waals surface area contributed by atoms with Gasteiger partial charge >= 0.3 is 5.97 Å². The van der Waals surface area contributed by atoms with E-state index < -0.39 is 47.4 Å². The van der Waals surface area contributed by atoms with Crippen LogP contribution in [0.25, 0.3) is 0 Å². The molecule has 0 aliphatic rings. The van der Waals surface area contributed by atoms with Crippen molar-refractivity contribution < 1.29 is 39.6 Å². The monoisotopic (exact) mass is 594 g/mol. The maximum absolute atomic E-state index is 13.9. The molecule has 4 N–H and O–H groups in total. The highest BCUT2D eigenvalue weighted by atomic mass is 16.4. The first-order valence-electron chi connectivity index (χ1n) is 15.3. The quantitative estimate of drug-likeness (QED) is 0.0597. The van der Waals surface area contributed by atoms with E-state index in [0.717, 1.165) is 38.5 Å². The molecule has 0 spiro atoms. The summed E-state index contributed by atoms with van der Waals surface area (Å²) in [5, 5.41) is 40.6. The fourth-order valence-corrected chi connectivity index (χ4v) is 5.39. The smallest absolute Gasteiger partial charge is 0.326 e. The van der Waals surface area contributed by atoms with E-state index in [1.54, 1.807) is 24.3 Å². The lowest BCUT2D eigenvalue weighted by atomic mass is 9.62. The zero-order valence-corrected chi connectivity index (χ0v) is 25.1. The molecule has 0 fully saturated rings. The summed E-state index contributed by atoms with van der Waals surface area (Å²) >= 11 is 0. The first-order chi connectivity index (χ1) is 20.7. The molecule has 8 heteroatoms. The fraction of sp³-hybridized carbons (Fsp3) is 0.486. The van der Waals surface area contributed by atoms with Crippen LogP contribution in [0.3, 0.4) is 0 Å². The minimum atomic E-state index is -2.94. The van der Waals surface area contributed by atoms with Gasteiger partial charge in [-0.1, -0.05) is 118 Å². The first-order valence-corrected chi connectivity index (χ1v) is 15.3. The van der Waals surface area contributed by atoms with Crippen molar-refractivity contribution in [2.75, 3.05) is 6.61 Å². The Kier molecular flexibility index (Phi) is 15.7. The molecule has 0 radical (unpaired) electrons. The van der Waals surface area contributed by atoms with Gasteiger partial charge in [-0.15, -0.1) is 0 Å². The second-order valence-corrected chi connectivity index (χ2v) is 11.0. The van der Waals surface area contributed by atoms with Crippen LogP contribution in [0, 0.1) is 11.3 Å². The molecule has 0 aliphatic carbocycles. The number of aliphatic hydroxyl groups is 3. The number of benzene rings is 2. The second-order valence-electron chi connectivity index (χ2n) is 11.0. The normalized spacial score (nSPS) is 15.0. The predicted molar refractivity (Wildman–Crippen MR) is 165 cm³/mol. The van der Waals surface area contributed by atoms with Crippen molar-refractivity contribution >= 4 is 23.3 Å². The van der Waals surface area contributed by atoms with Gasteiger partial charge in [-0.2, -0.15) is 0 Å². The molecule has 0 aliphatic heterocycles. The molecular formula is C35H46O8. The summed E-state index contributed by atoms with van der Waals surface area (Å²) in [7, 11) is 0. The number of rotatable bonds is 22. The number of ketones is 3. The van der Waals surface area contributed by atoms with Crippen LogP contribution >= 0.6 is 0 Å². The van der Waals surface area contributed by atoms with Crippen molar-refractivity contribution in [2.45, 2.75) is 89.8 Å². The number of Topliss-reactive ketones (excluding diaryl/α,β-unsaturated/α-hetero) is 3. The Morgan fingerprint density at radius 2 is 1.35 bits per heavy atom. The number of unbranched alkanes of at least 4 members (excludes halogenated alkanes) is 6. The molecule has 0 saturated heterocycles. The molecule has 0 heterocycles. The van der Waals surface area contributed by atoms with Crippen LogP contribution in [0.5, 0.6) is 0 Å². The number of allylic oxidation sites excluding steroid dienone is 1. The number of carboxylic acids is 1. The summed E-state index contributed by atoms with van der Waals surface area (Å²) in [6, 6.07) is 15.2. The van der Waals surface area contributed by atoms with Gasteiger partial charge in [-0.05, 0) is 32.1 Å². The van der Waals surface area contributed by atoms with E-state index in [-0.39, 0.29) is 23.7 Å². The molecule has 8 nitrogen and oxygen atoms in total. The molecule has 2 rings (SSSR count). The second kappa shape index (κ2) is 18.9. The zero-order valence-electron chi connectivity index (χ0n) is 25.1. The first kappa shape index (κ1) is 35.7. The van der Waals surface area contributed by atoms with Crippen molar-refractivity contribution in [3.63, 3.8) is 0 Å². The lowest BCUT2D eigenvalue weighted by Gasteiger charge is -2.35. The van der Waals surface area contributed by atoms with E-state index >= 15 is 0 Å². The Bertz CT molecular complexity index is 1180. The lowest BCUT2D eigenvalue weighted by molar-refractivity contribution is -0.158. The maximum atomic E-state index is 13.9. The van der Waals surface area contributed by atoms with Crippen molar-refractivity contribution in [2.24, 2.45) is 11.3 Å². The van der Waals surface area contributed by atoms with E-state index in [1.165, 1.54) is 42.8 Å². The Labute approximate surface area is 254 Å². The minimum absolute atomic E-state index is 0.0908. The number of aliphatic carboxylic acids is 1. The van der Waals surface area contributed by atoms with E-state index in [0.29, 0.717) is 19.3 Å². The van der Waals surface area contributed by atoms with Gasteiger partial charge in [-0.25, -0.2) is 0 Å². The summed E-state index contributed by atoms with van der Waals surface area (Å²) in [6.07, 6.45) is 9.50. The van der Waals surface area contributed by atoms with Gasteiger partial charge in [0.2, 0.25) is 5.41 Å². The summed E-state index contributed by atoms with van der Waals surface area (Å²) in [4.78, 5) is 54.4. The van der Waals surface area contributed by atoms with Gasteiger partial charge < -0.3 is 20.4 Å². The van der Waals surface area contributed by atoms with E-state index in [9.17, 15) is 39.6 Å². The molecule has 0 aromatic heterocycles. The molecule has 0 bridgehead atoms. The molecular weight excluding hydrogens is 548 g/mol. The SMILES string of the molecule is CCCCCC[C@@H](O)C/C=C\CCCCCC(C(=O)c1ccccc1)C(C(=O)O)(C(=O)c1ccccc1)C(=O)C(O)CO. The van der Waals surface area contributed by atoms with Gasteiger partial charge in [0.1, 0.15) is 6.10 Å². The van der Waals surface area contributed by atoms with Gasteiger partial charge in [0.15, 0.2) is 17.3 Å². The molecule has 4 atom stereocenters. The Morgan fingerprint density at radius 1 is 0.767 bits per heavy atom. The van der Waals surface area contributed by atoms with Gasteiger partial charge in [-0.3, -0.25) is 19.2 Å². The molecule has 234 valence electrons.